The van der Waals surface area contributed by atoms with Crippen molar-refractivity contribution in [2.24, 2.45) is 0 Å². The highest BCUT2D eigenvalue weighted by Crippen LogP contribution is 2.25. The lowest BCUT2D eigenvalue weighted by Gasteiger charge is -2.20. The molecule has 2 unspecified atom stereocenters. The standard InChI is InChI=1S/C12H19N3O/c1-8-6-12(14-7-9(8)13)15-10-4-3-5-11(10)16-2/h6-7,10-11H,3-5,13H2,1-2H3,(H,14,15). The van der Waals surface area contributed by atoms with Crippen LogP contribution in [0.15, 0.2) is 12.3 Å². The van der Waals surface area contributed by atoms with Crippen molar-refractivity contribution in [3.05, 3.63) is 17.8 Å². The lowest BCUT2D eigenvalue weighted by atomic mass is 10.2. The van der Waals surface area contributed by atoms with Crippen molar-refractivity contribution >= 4 is 11.5 Å². The predicted octanol–water partition coefficient (Wildman–Crippen LogP) is 1.95. The van der Waals surface area contributed by atoms with E-state index in [0.717, 1.165) is 29.9 Å². The second-order valence-corrected chi connectivity index (χ2v) is 4.38. The van der Waals surface area contributed by atoms with Crippen LogP contribution in [0.3, 0.4) is 0 Å². The second kappa shape index (κ2) is 4.70. The molecule has 0 amide bonds. The Balaban J connectivity index is 2.05. The zero-order valence-corrected chi connectivity index (χ0v) is 9.86. The minimum Gasteiger partial charge on any atom is -0.397 e. The summed E-state index contributed by atoms with van der Waals surface area (Å²) in [6, 6.07) is 2.36. The van der Waals surface area contributed by atoms with Crippen molar-refractivity contribution in [2.45, 2.75) is 38.3 Å². The van der Waals surface area contributed by atoms with Gasteiger partial charge in [0.2, 0.25) is 0 Å². The topological polar surface area (TPSA) is 60.2 Å². The molecule has 0 aromatic carbocycles. The van der Waals surface area contributed by atoms with Crippen LogP contribution in [0, 0.1) is 6.92 Å². The first-order valence-corrected chi connectivity index (χ1v) is 5.72. The van der Waals surface area contributed by atoms with Crippen LogP contribution in [0.25, 0.3) is 0 Å². The Kier molecular flexibility index (Phi) is 3.29. The summed E-state index contributed by atoms with van der Waals surface area (Å²) in [5.74, 6) is 0.889. The first-order valence-electron chi connectivity index (χ1n) is 5.72. The predicted molar refractivity (Wildman–Crippen MR) is 65.4 cm³/mol. The summed E-state index contributed by atoms with van der Waals surface area (Å²) < 4.78 is 5.43. The Bertz CT molecular complexity index is 367. The number of pyridine rings is 1. The van der Waals surface area contributed by atoms with Crippen LogP contribution in [-0.2, 0) is 4.74 Å². The van der Waals surface area contributed by atoms with Gasteiger partial charge >= 0.3 is 0 Å². The van der Waals surface area contributed by atoms with Crippen LogP contribution < -0.4 is 11.1 Å². The van der Waals surface area contributed by atoms with Gasteiger partial charge in [-0.25, -0.2) is 4.98 Å². The maximum atomic E-state index is 5.74. The minimum absolute atomic E-state index is 0.305. The van der Waals surface area contributed by atoms with Crippen molar-refractivity contribution in [1.82, 2.24) is 4.98 Å². The lowest BCUT2D eigenvalue weighted by Crippen LogP contribution is -2.30. The van der Waals surface area contributed by atoms with Crippen LogP contribution >= 0.6 is 0 Å². The summed E-state index contributed by atoms with van der Waals surface area (Å²) in [6.45, 7) is 1.99. The molecule has 1 heterocycles. The van der Waals surface area contributed by atoms with Gasteiger partial charge in [0.1, 0.15) is 5.82 Å². The first-order chi connectivity index (χ1) is 7.70. The third kappa shape index (κ3) is 2.27. The van der Waals surface area contributed by atoms with E-state index in [4.69, 9.17) is 10.5 Å². The number of aromatic nitrogens is 1. The van der Waals surface area contributed by atoms with Crippen molar-refractivity contribution in [3.63, 3.8) is 0 Å². The van der Waals surface area contributed by atoms with Gasteiger partial charge in [0.15, 0.2) is 0 Å². The molecule has 4 heteroatoms. The van der Waals surface area contributed by atoms with Gasteiger partial charge in [-0.2, -0.15) is 0 Å². The van der Waals surface area contributed by atoms with E-state index in [2.05, 4.69) is 10.3 Å². The Hall–Kier alpha value is -1.29. The molecule has 0 bridgehead atoms. The Labute approximate surface area is 96.2 Å². The number of methoxy groups -OCH3 is 1. The van der Waals surface area contributed by atoms with Crippen LogP contribution in [-0.4, -0.2) is 24.2 Å². The average molecular weight is 221 g/mol. The maximum Gasteiger partial charge on any atom is 0.126 e. The minimum atomic E-state index is 0.305. The summed E-state index contributed by atoms with van der Waals surface area (Å²) in [6.07, 6.45) is 5.49. The van der Waals surface area contributed by atoms with E-state index in [0.29, 0.717) is 12.1 Å². The van der Waals surface area contributed by atoms with Crippen molar-refractivity contribution in [3.8, 4) is 0 Å². The fourth-order valence-corrected chi connectivity index (χ4v) is 2.21. The molecule has 1 aliphatic rings. The van der Waals surface area contributed by atoms with Gasteiger partial charge in [0, 0.05) is 7.11 Å². The van der Waals surface area contributed by atoms with Gasteiger partial charge in [-0.15, -0.1) is 0 Å². The summed E-state index contributed by atoms with van der Waals surface area (Å²) in [4.78, 5) is 4.28. The number of hydrogen-bond donors (Lipinski definition) is 2. The summed E-state index contributed by atoms with van der Waals surface area (Å²) in [7, 11) is 1.77. The Morgan fingerprint density at radius 3 is 3.00 bits per heavy atom. The van der Waals surface area contributed by atoms with E-state index in [-0.39, 0.29) is 0 Å². The molecule has 0 spiro atoms. The molecule has 1 aliphatic carbocycles. The highest BCUT2D eigenvalue weighted by atomic mass is 16.5. The van der Waals surface area contributed by atoms with Gasteiger partial charge in [0.05, 0.1) is 24.0 Å². The van der Waals surface area contributed by atoms with Gasteiger partial charge in [-0.3, -0.25) is 0 Å². The second-order valence-electron chi connectivity index (χ2n) is 4.38. The van der Waals surface area contributed by atoms with E-state index in [1.54, 1.807) is 13.3 Å². The van der Waals surface area contributed by atoms with E-state index >= 15 is 0 Å². The van der Waals surface area contributed by atoms with E-state index < -0.39 is 0 Å². The fraction of sp³-hybridized carbons (Fsp3) is 0.583. The summed E-state index contributed by atoms with van der Waals surface area (Å²) >= 11 is 0. The highest BCUT2D eigenvalue weighted by Gasteiger charge is 2.27. The average Bonchev–Trinajstić information content (AvgIpc) is 2.71. The zero-order chi connectivity index (χ0) is 11.5. The molecular formula is C12H19N3O. The molecule has 1 fully saturated rings. The van der Waals surface area contributed by atoms with Gasteiger partial charge < -0.3 is 15.8 Å². The third-order valence-electron chi connectivity index (χ3n) is 3.24. The number of nitrogens with one attached hydrogen (secondary N) is 1. The quantitative estimate of drug-likeness (QED) is 0.819. The van der Waals surface area contributed by atoms with E-state index in [1.165, 1.54) is 6.42 Å². The zero-order valence-electron chi connectivity index (χ0n) is 9.86. The van der Waals surface area contributed by atoms with Gasteiger partial charge in [-0.1, -0.05) is 0 Å². The number of nitrogens with two attached hydrogens (primary N) is 1. The number of ether oxygens (including phenoxy) is 1. The van der Waals surface area contributed by atoms with Crippen LogP contribution in [0.2, 0.25) is 0 Å². The molecule has 0 radical (unpaired) electrons. The monoisotopic (exact) mass is 221 g/mol. The van der Waals surface area contributed by atoms with Crippen molar-refractivity contribution in [1.29, 1.82) is 0 Å². The lowest BCUT2D eigenvalue weighted by molar-refractivity contribution is 0.101. The normalized spacial score (nSPS) is 24.6. The number of aryl methyl sites for hydroxylation is 1. The number of nitrogens with zero attached hydrogens (tertiary/aromatic N) is 1. The molecule has 3 N–H and O–H groups in total. The Morgan fingerprint density at radius 1 is 1.50 bits per heavy atom. The molecule has 0 saturated heterocycles. The molecule has 1 saturated carbocycles. The molecule has 0 aliphatic heterocycles. The van der Waals surface area contributed by atoms with E-state index in [1.807, 2.05) is 13.0 Å². The largest absolute Gasteiger partial charge is 0.397 e. The summed E-state index contributed by atoms with van der Waals surface area (Å²) in [5, 5.41) is 3.42. The Morgan fingerprint density at radius 2 is 2.31 bits per heavy atom. The SMILES string of the molecule is COC1CCCC1Nc1cc(C)c(N)cn1. The van der Waals surface area contributed by atoms with Gasteiger partial charge in [-0.05, 0) is 37.8 Å². The molecule has 16 heavy (non-hydrogen) atoms. The summed E-state index contributed by atoms with van der Waals surface area (Å²) in [5.41, 5.74) is 7.53. The number of nitrogen functional groups attached to an aromatic ring is 1. The van der Waals surface area contributed by atoms with Crippen molar-refractivity contribution < 1.29 is 4.74 Å². The smallest absolute Gasteiger partial charge is 0.126 e. The highest BCUT2D eigenvalue weighted by molar-refractivity contribution is 5.51. The van der Waals surface area contributed by atoms with E-state index in [9.17, 15) is 0 Å². The molecule has 4 nitrogen and oxygen atoms in total. The molecule has 88 valence electrons. The maximum absolute atomic E-state index is 5.74. The van der Waals surface area contributed by atoms with Crippen LogP contribution in [0.4, 0.5) is 11.5 Å². The number of anilines is 2. The number of hydrogen-bond acceptors (Lipinski definition) is 4. The first kappa shape index (κ1) is 11.2. The third-order valence-corrected chi connectivity index (χ3v) is 3.24. The van der Waals surface area contributed by atoms with Crippen molar-refractivity contribution in [2.75, 3.05) is 18.2 Å². The van der Waals surface area contributed by atoms with Gasteiger partial charge in [0.25, 0.3) is 0 Å². The molecule has 2 atom stereocenters. The fourth-order valence-electron chi connectivity index (χ4n) is 2.21. The molecular weight excluding hydrogens is 202 g/mol. The molecule has 1 aromatic rings. The number of rotatable bonds is 3. The van der Waals surface area contributed by atoms with Crippen LogP contribution in [0.5, 0.6) is 0 Å². The van der Waals surface area contributed by atoms with Crippen LogP contribution in [0.1, 0.15) is 24.8 Å². The molecule has 2 rings (SSSR count). The molecule has 1 aromatic heterocycles.